The lowest BCUT2D eigenvalue weighted by Gasteiger charge is -2.20. The maximum absolute atomic E-state index is 6.09. The van der Waals surface area contributed by atoms with Gasteiger partial charge >= 0.3 is 0 Å². The van der Waals surface area contributed by atoms with E-state index in [1.807, 2.05) is 12.3 Å². The van der Waals surface area contributed by atoms with Gasteiger partial charge in [0.05, 0.1) is 12.2 Å². The van der Waals surface area contributed by atoms with Crippen LogP contribution in [-0.4, -0.2) is 36.0 Å². The third-order valence-electron chi connectivity index (χ3n) is 3.60. The Hall–Kier alpha value is -1.14. The zero-order valence-electron chi connectivity index (χ0n) is 12.3. The quantitative estimate of drug-likeness (QED) is 0.685. The highest BCUT2D eigenvalue weighted by molar-refractivity contribution is 7.09. The number of likely N-dealkylation sites (tertiary alicyclic amines) is 1. The molecule has 0 aromatic carbocycles. The lowest BCUT2D eigenvalue weighted by atomic mass is 10.2. The second kappa shape index (κ2) is 7.59. The van der Waals surface area contributed by atoms with Crippen LogP contribution in [0.25, 0.3) is 0 Å². The van der Waals surface area contributed by atoms with Crippen molar-refractivity contribution in [2.45, 2.75) is 45.3 Å². The number of hydrogen-bond acceptors (Lipinski definition) is 4. The van der Waals surface area contributed by atoms with Gasteiger partial charge in [-0.05, 0) is 19.8 Å². The number of hydrogen-bond donors (Lipinski definition) is 1. The fourth-order valence-electron chi connectivity index (χ4n) is 2.24. The lowest BCUT2D eigenvalue weighted by molar-refractivity contribution is 0.119. The molecule has 2 heterocycles. The molecule has 0 saturated carbocycles. The van der Waals surface area contributed by atoms with Crippen LogP contribution in [0.1, 0.15) is 49.4 Å². The van der Waals surface area contributed by atoms with Crippen LogP contribution in [0.5, 0.6) is 0 Å². The van der Waals surface area contributed by atoms with Gasteiger partial charge in [-0.15, -0.1) is 11.3 Å². The molecule has 1 unspecified atom stereocenters. The van der Waals surface area contributed by atoms with Crippen LogP contribution in [0, 0.1) is 0 Å². The molecule has 0 aliphatic carbocycles. The van der Waals surface area contributed by atoms with E-state index in [1.54, 1.807) is 18.4 Å². The third kappa shape index (κ3) is 4.18. The molecule has 1 aliphatic heterocycles. The number of aliphatic imine (C=N–C) groups is 1. The first-order valence-electron chi connectivity index (χ1n) is 7.22. The molecule has 2 N–H and O–H groups in total. The molecular formula is C14H24N4OS. The number of methoxy groups -OCH3 is 1. The van der Waals surface area contributed by atoms with Crippen molar-refractivity contribution in [3.63, 3.8) is 0 Å². The standard InChI is InChI=1S/C14H24N4OS/c1-11(19-2)13-17-12(10-20-13)9-16-14(15)18-7-5-3-4-6-8-18/h10-11H,3-9H2,1-2H3,(H2,15,16). The molecule has 20 heavy (non-hydrogen) atoms. The first kappa shape index (κ1) is 15.3. The summed E-state index contributed by atoms with van der Waals surface area (Å²) in [6.45, 7) is 4.60. The molecule has 1 saturated heterocycles. The van der Waals surface area contributed by atoms with E-state index >= 15 is 0 Å². The summed E-state index contributed by atoms with van der Waals surface area (Å²) in [6.07, 6.45) is 5.06. The summed E-state index contributed by atoms with van der Waals surface area (Å²) in [7, 11) is 1.70. The molecule has 0 radical (unpaired) electrons. The average molecular weight is 296 g/mol. The maximum atomic E-state index is 6.09. The highest BCUT2D eigenvalue weighted by atomic mass is 32.1. The Kier molecular flexibility index (Phi) is 5.79. The Morgan fingerprint density at radius 3 is 2.80 bits per heavy atom. The third-order valence-corrected chi connectivity index (χ3v) is 4.66. The number of ether oxygens (including phenoxy) is 1. The summed E-state index contributed by atoms with van der Waals surface area (Å²) in [5.41, 5.74) is 7.05. The molecule has 1 atom stereocenters. The smallest absolute Gasteiger partial charge is 0.191 e. The monoisotopic (exact) mass is 296 g/mol. The molecule has 0 amide bonds. The van der Waals surface area contributed by atoms with Crippen LogP contribution < -0.4 is 5.73 Å². The van der Waals surface area contributed by atoms with E-state index in [1.165, 1.54) is 25.7 Å². The zero-order valence-corrected chi connectivity index (χ0v) is 13.2. The van der Waals surface area contributed by atoms with Crippen LogP contribution in [0.2, 0.25) is 0 Å². The van der Waals surface area contributed by atoms with Crippen molar-refractivity contribution in [1.82, 2.24) is 9.88 Å². The number of aromatic nitrogens is 1. The van der Waals surface area contributed by atoms with Gasteiger partial charge in [-0.1, -0.05) is 12.8 Å². The molecule has 0 bridgehead atoms. The number of rotatable bonds is 4. The highest BCUT2D eigenvalue weighted by Gasteiger charge is 2.12. The number of guanidine groups is 1. The van der Waals surface area contributed by atoms with Crippen molar-refractivity contribution in [2.24, 2.45) is 10.7 Å². The Bertz CT molecular complexity index is 438. The molecular weight excluding hydrogens is 272 g/mol. The van der Waals surface area contributed by atoms with Crippen LogP contribution >= 0.6 is 11.3 Å². The Morgan fingerprint density at radius 2 is 2.15 bits per heavy atom. The van der Waals surface area contributed by atoms with Gasteiger partial charge in [0.1, 0.15) is 11.1 Å². The molecule has 1 aliphatic rings. The molecule has 1 fully saturated rings. The van der Waals surface area contributed by atoms with Gasteiger partial charge in [0, 0.05) is 25.6 Å². The Labute approximate surface area is 124 Å². The lowest BCUT2D eigenvalue weighted by Crippen LogP contribution is -2.38. The minimum absolute atomic E-state index is 0.0423. The van der Waals surface area contributed by atoms with Gasteiger partial charge < -0.3 is 15.4 Å². The molecule has 1 aromatic rings. The molecule has 0 spiro atoms. The SMILES string of the molecule is COC(C)c1nc(CN=C(N)N2CCCCCC2)cs1. The van der Waals surface area contributed by atoms with Gasteiger partial charge in [0.25, 0.3) is 0 Å². The predicted octanol–water partition coefficient (Wildman–Crippen LogP) is 2.54. The van der Waals surface area contributed by atoms with Crippen molar-refractivity contribution in [2.75, 3.05) is 20.2 Å². The molecule has 1 aromatic heterocycles. The second-order valence-electron chi connectivity index (χ2n) is 5.13. The van der Waals surface area contributed by atoms with Crippen LogP contribution in [0.4, 0.5) is 0 Å². The average Bonchev–Trinajstić information content (AvgIpc) is 2.77. The van der Waals surface area contributed by atoms with Gasteiger partial charge in [-0.2, -0.15) is 0 Å². The summed E-state index contributed by atoms with van der Waals surface area (Å²) in [4.78, 5) is 11.2. The van der Waals surface area contributed by atoms with Crippen molar-refractivity contribution >= 4 is 17.3 Å². The fraction of sp³-hybridized carbons (Fsp3) is 0.714. The van der Waals surface area contributed by atoms with Gasteiger partial charge in [-0.25, -0.2) is 9.98 Å². The number of nitrogens with zero attached hydrogens (tertiary/aromatic N) is 3. The molecule has 2 rings (SSSR count). The Balaban J connectivity index is 1.92. The summed E-state index contributed by atoms with van der Waals surface area (Å²) in [5, 5.41) is 3.02. The van der Waals surface area contributed by atoms with Crippen molar-refractivity contribution in [3.05, 3.63) is 16.1 Å². The summed E-state index contributed by atoms with van der Waals surface area (Å²) < 4.78 is 5.26. The van der Waals surface area contributed by atoms with Gasteiger partial charge in [0.2, 0.25) is 0 Å². The number of thiazole rings is 1. The number of nitrogens with two attached hydrogens (primary N) is 1. The normalized spacial score (nSPS) is 18.9. The van der Waals surface area contributed by atoms with Crippen LogP contribution in [0.3, 0.4) is 0 Å². The van der Waals surface area contributed by atoms with E-state index < -0.39 is 0 Å². The van der Waals surface area contributed by atoms with Gasteiger partial charge in [-0.3, -0.25) is 0 Å². The van der Waals surface area contributed by atoms with Gasteiger partial charge in [0.15, 0.2) is 5.96 Å². The minimum atomic E-state index is 0.0423. The van der Waals surface area contributed by atoms with E-state index in [4.69, 9.17) is 10.5 Å². The van der Waals surface area contributed by atoms with E-state index in [-0.39, 0.29) is 6.10 Å². The van der Waals surface area contributed by atoms with Crippen molar-refractivity contribution < 1.29 is 4.74 Å². The molecule has 6 heteroatoms. The minimum Gasteiger partial charge on any atom is -0.375 e. The van der Waals surface area contributed by atoms with Crippen LogP contribution in [-0.2, 0) is 11.3 Å². The second-order valence-corrected chi connectivity index (χ2v) is 6.02. The zero-order chi connectivity index (χ0) is 14.4. The molecule has 112 valence electrons. The summed E-state index contributed by atoms with van der Waals surface area (Å²) >= 11 is 1.61. The van der Waals surface area contributed by atoms with E-state index in [2.05, 4.69) is 14.9 Å². The molecule has 5 nitrogen and oxygen atoms in total. The first-order valence-corrected chi connectivity index (χ1v) is 8.10. The van der Waals surface area contributed by atoms with E-state index in [0.29, 0.717) is 12.5 Å². The predicted molar refractivity (Wildman–Crippen MR) is 82.9 cm³/mol. The first-order chi connectivity index (χ1) is 9.70. The van der Waals surface area contributed by atoms with E-state index in [9.17, 15) is 0 Å². The van der Waals surface area contributed by atoms with Crippen molar-refractivity contribution in [1.29, 1.82) is 0 Å². The highest BCUT2D eigenvalue weighted by Crippen LogP contribution is 2.20. The topological polar surface area (TPSA) is 63.7 Å². The van der Waals surface area contributed by atoms with Crippen molar-refractivity contribution in [3.8, 4) is 0 Å². The largest absolute Gasteiger partial charge is 0.375 e. The van der Waals surface area contributed by atoms with E-state index in [0.717, 1.165) is 23.8 Å². The van der Waals surface area contributed by atoms with Crippen LogP contribution in [0.15, 0.2) is 10.4 Å². The summed E-state index contributed by atoms with van der Waals surface area (Å²) in [6, 6.07) is 0. The maximum Gasteiger partial charge on any atom is 0.191 e. The summed E-state index contributed by atoms with van der Waals surface area (Å²) in [5.74, 6) is 0.654. The Morgan fingerprint density at radius 1 is 1.45 bits per heavy atom. The fourth-order valence-corrected chi connectivity index (χ4v) is 3.09.